The van der Waals surface area contributed by atoms with Crippen molar-refractivity contribution in [2.24, 2.45) is 5.73 Å². The summed E-state index contributed by atoms with van der Waals surface area (Å²) < 4.78 is 14.1. The first-order valence-corrected chi connectivity index (χ1v) is 9.82. The third-order valence-corrected chi connectivity index (χ3v) is 4.49. The van der Waals surface area contributed by atoms with E-state index in [0.29, 0.717) is 39.1 Å². The zero-order chi connectivity index (χ0) is 21.2. The van der Waals surface area contributed by atoms with Crippen LogP contribution in [-0.2, 0) is 28.6 Å². The predicted molar refractivity (Wildman–Crippen MR) is 106 cm³/mol. The molecular formula is C19H37N3O6. The molecule has 0 aromatic carbocycles. The van der Waals surface area contributed by atoms with E-state index in [0.717, 1.165) is 32.4 Å². The van der Waals surface area contributed by atoms with Crippen molar-refractivity contribution in [3.8, 4) is 0 Å². The van der Waals surface area contributed by atoms with Crippen LogP contribution in [-0.4, -0.2) is 94.9 Å². The maximum Gasteiger partial charge on any atom is 0.306 e. The van der Waals surface area contributed by atoms with Crippen LogP contribution < -0.4 is 5.73 Å². The Hall–Kier alpha value is -1.71. The van der Waals surface area contributed by atoms with Gasteiger partial charge in [0.05, 0.1) is 40.6 Å². The molecule has 9 nitrogen and oxygen atoms in total. The monoisotopic (exact) mass is 403 g/mol. The van der Waals surface area contributed by atoms with Gasteiger partial charge in [-0.2, -0.15) is 0 Å². The van der Waals surface area contributed by atoms with E-state index in [1.165, 1.54) is 21.3 Å². The van der Waals surface area contributed by atoms with Gasteiger partial charge in [-0.05, 0) is 25.9 Å². The van der Waals surface area contributed by atoms with E-state index in [4.69, 9.17) is 19.9 Å². The lowest BCUT2D eigenvalue weighted by Crippen LogP contribution is -2.38. The first kappa shape index (κ1) is 26.3. The second-order valence-electron chi connectivity index (χ2n) is 6.51. The summed E-state index contributed by atoms with van der Waals surface area (Å²) in [5, 5.41) is 0. The fourth-order valence-corrected chi connectivity index (χ4v) is 2.66. The summed E-state index contributed by atoms with van der Waals surface area (Å²) in [6.45, 7) is 4.55. The summed E-state index contributed by atoms with van der Waals surface area (Å²) in [7, 11) is 4.10. The molecule has 0 saturated heterocycles. The molecule has 0 radical (unpaired) electrons. The van der Waals surface area contributed by atoms with Crippen LogP contribution in [0.25, 0.3) is 0 Å². The zero-order valence-electron chi connectivity index (χ0n) is 17.6. The highest BCUT2D eigenvalue weighted by molar-refractivity contribution is 5.70. The Labute approximate surface area is 168 Å². The largest absolute Gasteiger partial charge is 0.469 e. The molecule has 0 rings (SSSR count). The summed E-state index contributed by atoms with van der Waals surface area (Å²) in [5.74, 6) is -0.806. The average molecular weight is 404 g/mol. The molecule has 0 amide bonds. The highest BCUT2D eigenvalue weighted by Crippen LogP contribution is 2.03. The van der Waals surface area contributed by atoms with E-state index in [2.05, 4.69) is 4.90 Å². The van der Waals surface area contributed by atoms with Crippen LogP contribution in [0.4, 0.5) is 0 Å². The molecule has 28 heavy (non-hydrogen) atoms. The van der Waals surface area contributed by atoms with Crippen LogP contribution in [0.15, 0.2) is 0 Å². The van der Waals surface area contributed by atoms with Gasteiger partial charge >= 0.3 is 17.9 Å². The lowest BCUT2D eigenvalue weighted by Gasteiger charge is -2.27. The number of nitrogens with zero attached hydrogens (tertiary/aromatic N) is 2. The SMILES string of the molecule is COC(=O)CCN(CCCCCN)CCN(CCC(=O)OC)CCC(=O)OC. The van der Waals surface area contributed by atoms with Crippen molar-refractivity contribution in [3.05, 3.63) is 0 Å². The molecule has 0 saturated carbocycles. The Bertz CT molecular complexity index is 427. The molecule has 0 aliphatic rings. The minimum absolute atomic E-state index is 0.236. The second kappa shape index (κ2) is 17.4. The highest BCUT2D eigenvalue weighted by Gasteiger charge is 2.14. The van der Waals surface area contributed by atoms with Crippen LogP contribution >= 0.6 is 0 Å². The molecule has 0 spiro atoms. The number of rotatable bonds is 17. The fourth-order valence-electron chi connectivity index (χ4n) is 2.66. The third-order valence-electron chi connectivity index (χ3n) is 4.49. The van der Waals surface area contributed by atoms with Gasteiger partial charge in [-0.25, -0.2) is 0 Å². The standard InChI is InChI=1S/C19H37N3O6/c1-26-17(23)7-12-21(11-6-4-5-10-20)15-16-22(13-8-18(24)27-2)14-9-19(25)28-3/h4-16,20H2,1-3H3. The number of carbonyl (C=O) groups is 3. The molecule has 9 heteroatoms. The van der Waals surface area contributed by atoms with Gasteiger partial charge in [0.2, 0.25) is 0 Å². The average Bonchev–Trinajstić information content (AvgIpc) is 2.72. The molecule has 2 N–H and O–H groups in total. The Balaban J connectivity index is 4.64. The molecule has 0 atom stereocenters. The van der Waals surface area contributed by atoms with Crippen LogP contribution in [0.2, 0.25) is 0 Å². The number of unbranched alkanes of at least 4 members (excludes halogenated alkanes) is 2. The van der Waals surface area contributed by atoms with Crippen molar-refractivity contribution in [1.82, 2.24) is 9.80 Å². The second-order valence-corrected chi connectivity index (χ2v) is 6.51. The first-order valence-electron chi connectivity index (χ1n) is 9.82. The number of hydrogen-bond donors (Lipinski definition) is 1. The number of nitrogens with two attached hydrogens (primary N) is 1. The number of methoxy groups -OCH3 is 3. The molecule has 0 bridgehead atoms. The molecule has 0 aliphatic carbocycles. The first-order chi connectivity index (χ1) is 13.5. The van der Waals surface area contributed by atoms with E-state index in [9.17, 15) is 14.4 Å². The minimum atomic E-state index is -0.285. The predicted octanol–water partition coefficient (Wildman–Crippen LogP) is 0.409. The van der Waals surface area contributed by atoms with Crippen LogP contribution in [0.5, 0.6) is 0 Å². The van der Waals surface area contributed by atoms with E-state index in [1.807, 2.05) is 4.90 Å². The van der Waals surface area contributed by atoms with E-state index in [1.54, 1.807) is 0 Å². The van der Waals surface area contributed by atoms with Gasteiger partial charge in [-0.15, -0.1) is 0 Å². The normalized spacial score (nSPS) is 10.9. The smallest absolute Gasteiger partial charge is 0.306 e. The highest BCUT2D eigenvalue weighted by atomic mass is 16.5. The van der Waals surface area contributed by atoms with Crippen molar-refractivity contribution < 1.29 is 28.6 Å². The maximum atomic E-state index is 11.5. The van der Waals surface area contributed by atoms with Gasteiger partial charge < -0.3 is 29.7 Å². The van der Waals surface area contributed by atoms with Crippen molar-refractivity contribution in [3.63, 3.8) is 0 Å². The van der Waals surface area contributed by atoms with Crippen LogP contribution in [0.1, 0.15) is 38.5 Å². The van der Waals surface area contributed by atoms with Gasteiger partial charge in [0, 0.05) is 32.7 Å². The molecule has 0 heterocycles. The number of ether oxygens (including phenoxy) is 3. The topological polar surface area (TPSA) is 111 Å². The summed E-state index contributed by atoms with van der Waals surface area (Å²) in [4.78, 5) is 38.6. The maximum absolute atomic E-state index is 11.5. The third kappa shape index (κ3) is 14.4. The van der Waals surface area contributed by atoms with Gasteiger partial charge in [-0.1, -0.05) is 6.42 Å². The van der Waals surface area contributed by atoms with Crippen LogP contribution in [0, 0.1) is 0 Å². The van der Waals surface area contributed by atoms with Crippen molar-refractivity contribution >= 4 is 17.9 Å². The summed E-state index contributed by atoms with van der Waals surface area (Å²) in [5.41, 5.74) is 5.54. The van der Waals surface area contributed by atoms with Gasteiger partial charge in [0.15, 0.2) is 0 Å². The lowest BCUT2D eigenvalue weighted by molar-refractivity contribution is -0.142. The lowest BCUT2D eigenvalue weighted by atomic mass is 10.2. The summed E-state index contributed by atoms with van der Waals surface area (Å²) >= 11 is 0. The van der Waals surface area contributed by atoms with Gasteiger partial charge in [-0.3, -0.25) is 14.4 Å². The Morgan fingerprint density at radius 1 is 0.607 bits per heavy atom. The molecule has 0 aliphatic heterocycles. The van der Waals surface area contributed by atoms with Crippen molar-refractivity contribution in [2.45, 2.75) is 38.5 Å². The molecule has 0 fully saturated rings. The minimum Gasteiger partial charge on any atom is -0.469 e. The van der Waals surface area contributed by atoms with E-state index in [-0.39, 0.29) is 30.7 Å². The Morgan fingerprint density at radius 2 is 1.00 bits per heavy atom. The molecule has 0 unspecified atom stereocenters. The molecular weight excluding hydrogens is 366 g/mol. The Morgan fingerprint density at radius 3 is 1.36 bits per heavy atom. The Kier molecular flexibility index (Phi) is 16.3. The van der Waals surface area contributed by atoms with Crippen molar-refractivity contribution in [2.75, 3.05) is 67.1 Å². The van der Waals surface area contributed by atoms with E-state index < -0.39 is 0 Å². The molecule has 164 valence electrons. The van der Waals surface area contributed by atoms with Gasteiger partial charge in [0.25, 0.3) is 0 Å². The number of esters is 3. The summed E-state index contributed by atoms with van der Waals surface area (Å²) in [6, 6.07) is 0. The fraction of sp³-hybridized carbons (Fsp3) is 0.842. The summed E-state index contributed by atoms with van der Waals surface area (Å²) in [6.07, 6.45) is 3.88. The quantitative estimate of drug-likeness (QED) is 0.210. The van der Waals surface area contributed by atoms with Crippen LogP contribution in [0.3, 0.4) is 0 Å². The number of carbonyl (C=O) groups excluding carboxylic acids is 3. The molecule has 0 aromatic heterocycles. The number of hydrogen-bond acceptors (Lipinski definition) is 9. The van der Waals surface area contributed by atoms with Crippen molar-refractivity contribution in [1.29, 1.82) is 0 Å². The van der Waals surface area contributed by atoms with Gasteiger partial charge in [0.1, 0.15) is 0 Å². The molecule has 0 aromatic rings. The zero-order valence-corrected chi connectivity index (χ0v) is 17.6. The van der Waals surface area contributed by atoms with E-state index >= 15 is 0 Å².